The lowest BCUT2D eigenvalue weighted by Gasteiger charge is -2.10. The smallest absolute Gasteiger partial charge is 0.414 e. The average Bonchev–Trinajstić information content (AvgIpc) is 2.46. The molecule has 0 heterocycles. The van der Waals surface area contributed by atoms with E-state index in [1.165, 1.54) is 25.3 Å². The van der Waals surface area contributed by atoms with Gasteiger partial charge in [0.2, 0.25) is 5.91 Å². The molecule has 1 aromatic carbocycles. The SMILES string of the molecule is COc1ccc([N+](=O)[O-])cc1NC(=O)CC(C)C.O=C(O)C(=O)O. The summed E-state index contributed by atoms with van der Waals surface area (Å²) in [7, 11) is 1.44. The summed E-state index contributed by atoms with van der Waals surface area (Å²) in [6.45, 7) is 3.84. The van der Waals surface area contributed by atoms with Crippen LogP contribution >= 0.6 is 0 Å². The number of aliphatic carboxylic acids is 2. The minimum absolute atomic E-state index is 0.0874. The average molecular weight is 342 g/mol. The van der Waals surface area contributed by atoms with Crippen LogP contribution in [0.5, 0.6) is 5.75 Å². The number of anilines is 1. The Bertz CT molecular complexity index is 615. The fraction of sp³-hybridized carbons (Fsp3) is 0.357. The van der Waals surface area contributed by atoms with E-state index < -0.39 is 16.9 Å². The Kier molecular flexibility index (Phi) is 8.48. The van der Waals surface area contributed by atoms with Gasteiger partial charge in [-0.15, -0.1) is 0 Å². The molecule has 0 aliphatic rings. The number of carboxylic acids is 2. The molecule has 0 unspecified atom stereocenters. The molecule has 0 saturated carbocycles. The Morgan fingerprint density at radius 2 is 1.79 bits per heavy atom. The van der Waals surface area contributed by atoms with Crippen LogP contribution in [0, 0.1) is 16.0 Å². The van der Waals surface area contributed by atoms with Gasteiger partial charge in [0.25, 0.3) is 5.69 Å². The third kappa shape index (κ3) is 7.73. The van der Waals surface area contributed by atoms with E-state index >= 15 is 0 Å². The van der Waals surface area contributed by atoms with Gasteiger partial charge in [-0.3, -0.25) is 14.9 Å². The van der Waals surface area contributed by atoms with Crippen LogP contribution in [0.3, 0.4) is 0 Å². The van der Waals surface area contributed by atoms with Crippen LogP contribution in [-0.4, -0.2) is 40.1 Å². The molecule has 0 bridgehead atoms. The number of nitrogens with zero attached hydrogens (tertiary/aromatic N) is 1. The maximum atomic E-state index is 11.6. The van der Waals surface area contributed by atoms with Crippen LogP contribution in [0.4, 0.5) is 11.4 Å². The highest BCUT2D eigenvalue weighted by Crippen LogP contribution is 2.29. The molecule has 0 aromatic heterocycles. The zero-order chi connectivity index (χ0) is 18.9. The topological polar surface area (TPSA) is 156 Å². The molecule has 132 valence electrons. The van der Waals surface area contributed by atoms with Crippen LogP contribution in [0.15, 0.2) is 18.2 Å². The monoisotopic (exact) mass is 342 g/mol. The highest BCUT2D eigenvalue weighted by atomic mass is 16.6. The molecule has 3 N–H and O–H groups in total. The van der Waals surface area contributed by atoms with Crippen LogP contribution < -0.4 is 10.1 Å². The molecule has 0 fully saturated rings. The van der Waals surface area contributed by atoms with E-state index in [1.54, 1.807) is 0 Å². The van der Waals surface area contributed by atoms with Gasteiger partial charge in [-0.05, 0) is 12.0 Å². The van der Waals surface area contributed by atoms with E-state index in [0.717, 1.165) is 0 Å². The predicted molar refractivity (Wildman–Crippen MR) is 83.0 cm³/mol. The molecule has 1 amide bonds. The molecular formula is C14H18N2O8. The van der Waals surface area contributed by atoms with E-state index in [-0.39, 0.29) is 17.5 Å². The third-order valence-corrected chi connectivity index (χ3v) is 2.44. The fourth-order valence-electron chi connectivity index (χ4n) is 1.48. The molecule has 10 nitrogen and oxygen atoms in total. The number of carboxylic acid groups (broad SMARTS) is 2. The molecule has 1 aromatic rings. The quantitative estimate of drug-likeness (QED) is 0.415. The second-order valence-corrected chi connectivity index (χ2v) is 4.90. The first-order chi connectivity index (χ1) is 11.1. The van der Waals surface area contributed by atoms with Crippen LogP contribution in [0.2, 0.25) is 0 Å². The number of benzene rings is 1. The van der Waals surface area contributed by atoms with Gasteiger partial charge in [0.05, 0.1) is 17.7 Å². The molecule has 0 saturated heterocycles. The number of rotatable bonds is 5. The first-order valence-electron chi connectivity index (χ1n) is 6.67. The highest BCUT2D eigenvalue weighted by Gasteiger charge is 2.14. The molecule has 0 radical (unpaired) electrons. The van der Waals surface area contributed by atoms with Crippen molar-refractivity contribution < 1.29 is 34.3 Å². The summed E-state index contributed by atoms with van der Waals surface area (Å²) < 4.78 is 5.05. The number of non-ortho nitro benzene ring substituents is 1. The second kappa shape index (κ2) is 9.77. The van der Waals surface area contributed by atoms with Crippen molar-refractivity contribution in [3.05, 3.63) is 28.3 Å². The molecule has 1 rings (SSSR count). The summed E-state index contributed by atoms with van der Waals surface area (Å²) in [6.07, 6.45) is 0.353. The molecule has 0 spiro atoms. The number of hydrogen-bond acceptors (Lipinski definition) is 6. The first-order valence-corrected chi connectivity index (χ1v) is 6.67. The Hall–Kier alpha value is -3.17. The summed E-state index contributed by atoms with van der Waals surface area (Å²) in [5.74, 6) is -3.22. The van der Waals surface area contributed by atoms with Crippen molar-refractivity contribution in [2.75, 3.05) is 12.4 Å². The zero-order valence-corrected chi connectivity index (χ0v) is 13.3. The summed E-state index contributed by atoms with van der Waals surface area (Å²) in [4.78, 5) is 40.0. The Labute approximate surface area is 137 Å². The van der Waals surface area contributed by atoms with Crippen molar-refractivity contribution in [1.29, 1.82) is 0 Å². The molecule has 0 atom stereocenters. The van der Waals surface area contributed by atoms with Crippen molar-refractivity contribution in [2.45, 2.75) is 20.3 Å². The highest BCUT2D eigenvalue weighted by molar-refractivity contribution is 6.27. The number of nitro benzene ring substituents is 1. The lowest BCUT2D eigenvalue weighted by molar-refractivity contribution is -0.384. The first kappa shape index (κ1) is 20.8. The molecule has 10 heteroatoms. The van der Waals surface area contributed by atoms with E-state index in [4.69, 9.17) is 24.5 Å². The van der Waals surface area contributed by atoms with E-state index in [0.29, 0.717) is 17.9 Å². The number of nitro groups is 1. The lowest BCUT2D eigenvalue weighted by Crippen LogP contribution is -2.14. The number of nitrogens with one attached hydrogen (secondary N) is 1. The Morgan fingerprint density at radius 1 is 1.25 bits per heavy atom. The molecule has 24 heavy (non-hydrogen) atoms. The van der Waals surface area contributed by atoms with Crippen molar-refractivity contribution in [1.82, 2.24) is 0 Å². The zero-order valence-electron chi connectivity index (χ0n) is 13.3. The summed E-state index contributed by atoms with van der Waals surface area (Å²) in [5, 5.41) is 28.1. The summed E-state index contributed by atoms with van der Waals surface area (Å²) in [5.41, 5.74) is 0.230. The Morgan fingerprint density at radius 3 is 2.17 bits per heavy atom. The maximum absolute atomic E-state index is 11.6. The number of ether oxygens (including phenoxy) is 1. The van der Waals surface area contributed by atoms with E-state index in [2.05, 4.69) is 5.32 Å². The van der Waals surface area contributed by atoms with Crippen molar-refractivity contribution in [3.63, 3.8) is 0 Å². The minimum atomic E-state index is -1.82. The van der Waals surface area contributed by atoms with Crippen LogP contribution in [0.1, 0.15) is 20.3 Å². The van der Waals surface area contributed by atoms with E-state index in [9.17, 15) is 14.9 Å². The van der Waals surface area contributed by atoms with Gasteiger partial charge in [0.15, 0.2) is 0 Å². The predicted octanol–water partition coefficient (Wildman–Crippen LogP) is 1.74. The van der Waals surface area contributed by atoms with Gasteiger partial charge in [-0.1, -0.05) is 13.8 Å². The van der Waals surface area contributed by atoms with Crippen molar-refractivity contribution >= 4 is 29.2 Å². The van der Waals surface area contributed by atoms with Gasteiger partial charge in [-0.25, -0.2) is 9.59 Å². The van der Waals surface area contributed by atoms with Crippen LogP contribution in [0.25, 0.3) is 0 Å². The fourth-order valence-corrected chi connectivity index (χ4v) is 1.48. The summed E-state index contributed by atoms with van der Waals surface area (Å²) >= 11 is 0. The van der Waals surface area contributed by atoms with Crippen LogP contribution in [-0.2, 0) is 14.4 Å². The molecular weight excluding hydrogens is 324 g/mol. The standard InChI is InChI=1S/C12H16N2O4.C2H2O4/c1-8(2)6-12(15)13-10-7-9(14(16)17)4-5-11(10)18-3;3-1(4)2(5)6/h4-5,7-8H,6H2,1-3H3,(H,13,15);(H,3,4)(H,5,6). The molecule has 0 aliphatic carbocycles. The van der Waals surface area contributed by atoms with Gasteiger partial charge in [-0.2, -0.15) is 0 Å². The number of hydrogen-bond donors (Lipinski definition) is 3. The minimum Gasteiger partial charge on any atom is -0.495 e. The number of amides is 1. The number of carbonyl (C=O) groups excluding carboxylic acids is 1. The van der Waals surface area contributed by atoms with Gasteiger partial charge in [0, 0.05) is 18.6 Å². The van der Waals surface area contributed by atoms with Crippen molar-refractivity contribution in [2.24, 2.45) is 5.92 Å². The van der Waals surface area contributed by atoms with E-state index in [1.807, 2.05) is 13.8 Å². The van der Waals surface area contributed by atoms with Gasteiger partial charge >= 0.3 is 11.9 Å². The number of methoxy groups -OCH3 is 1. The maximum Gasteiger partial charge on any atom is 0.414 e. The second-order valence-electron chi connectivity index (χ2n) is 4.90. The number of carbonyl (C=O) groups is 3. The van der Waals surface area contributed by atoms with Crippen molar-refractivity contribution in [3.8, 4) is 5.75 Å². The van der Waals surface area contributed by atoms with Gasteiger partial charge in [0.1, 0.15) is 5.75 Å². The largest absolute Gasteiger partial charge is 0.495 e. The van der Waals surface area contributed by atoms with Gasteiger partial charge < -0.3 is 20.3 Å². The third-order valence-electron chi connectivity index (χ3n) is 2.44. The lowest BCUT2D eigenvalue weighted by atomic mass is 10.1. The summed E-state index contributed by atoms with van der Waals surface area (Å²) in [6, 6.07) is 4.08. The Balaban J connectivity index is 0.000000754. The normalized spacial score (nSPS) is 9.50. The molecule has 0 aliphatic heterocycles.